The van der Waals surface area contributed by atoms with E-state index in [1.165, 1.54) is 25.7 Å². The molecule has 0 bridgehead atoms. The Morgan fingerprint density at radius 1 is 1.36 bits per heavy atom. The molecule has 3 nitrogen and oxygen atoms in total. The molecule has 4 heteroatoms. The van der Waals surface area contributed by atoms with Crippen molar-refractivity contribution in [2.24, 2.45) is 23.5 Å². The quantitative estimate of drug-likeness (QED) is 0.681. The van der Waals surface area contributed by atoms with Gasteiger partial charge in [0.25, 0.3) is 0 Å². The Kier molecular flexibility index (Phi) is 2.72. The highest BCUT2D eigenvalue weighted by Crippen LogP contribution is 2.55. The molecule has 2 fully saturated rings. The van der Waals surface area contributed by atoms with E-state index in [9.17, 15) is 4.79 Å². The highest BCUT2D eigenvalue weighted by molar-refractivity contribution is 7.80. The summed E-state index contributed by atoms with van der Waals surface area (Å²) in [6.07, 6.45) is 5.05. The molecule has 0 aliphatic heterocycles. The van der Waals surface area contributed by atoms with Gasteiger partial charge in [-0.2, -0.15) is 0 Å². The molecule has 0 spiro atoms. The normalized spacial score (nSPS) is 34.4. The smallest absolute Gasteiger partial charge is 0.224 e. The van der Waals surface area contributed by atoms with Crippen molar-refractivity contribution in [3.8, 4) is 0 Å². The van der Waals surface area contributed by atoms with Crippen LogP contribution in [0.1, 0.15) is 25.7 Å². The molecule has 3 N–H and O–H groups in total. The van der Waals surface area contributed by atoms with Crippen LogP contribution in [0.3, 0.4) is 0 Å². The molecular weight excluding hydrogens is 196 g/mol. The number of rotatable bonds is 3. The maximum atomic E-state index is 11.6. The van der Waals surface area contributed by atoms with E-state index in [4.69, 9.17) is 18.0 Å². The molecule has 0 aromatic rings. The van der Waals surface area contributed by atoms with Crippen molar-refractivity contribution in [1.82, 2.24) is 5.32 Å². The maximum absolute atomic E-state index is 11.6. The van der Waals surface area contributed by atoms with Crippen molar-refractivity contribution in [1.29, 1.82) is 0 Å². The third-order valence-corrected chi connectivity index (χ3v) is 3.54. The average Bonchev–Trinajstić information content (AvgIpc) is 2.88. The monoisotopic (exact) mass is 212 g/mol. The van der Waals surface area contributed by atoms with Gasteiger partial charge in [0.1, 0.15) is 0 Å². The number of nitrogens with two attached hydrogens (primary N) is 1. The van der Waals surface area contributed by atoms with E-state index in [-0.39, 0.29) is 11.8 Å². The van der Waals surface area contributed by atoms with Gasteiger partial charge in [-0.3, -0.25) is 4.79 Å². The van der Waals surface area contributed by atoms with Crippen molar-refractivity contribution in [3.63, 3.8) is 0 Å². The lowest BCUT2D eigenvalue weighted by Crippen LogP contribution is -2.33. The Morgan fingerprint density at radius 2 is 1.93 bits per heavy atom. The number of hydrogen-bond donors (Lipinski definition) is 2. The minimum absolute atomic E-state index is 0.162. The molecule has 2 atom stereocenters. The van der Waals surface area contributed by atoms with Crippen LogP contribution < -0.4 is 11.1 Å². The number of hydrogen-bond acceptors (Lipinski definition) is 2. The number of nitrogens with one attached hydrogen (secondary N) is 1. The van der Waals surface area contributed by atoms with Crippen LogP contribution in [0, 0.1) is 17.8 Å². The van der Waals surface area contributed by atoms with Crippen molar-refractivity contribution >= 4 is 23.1 Å². The van der Waals surface area contributed by atoms with E-state index in [0.717, 1.165) is 0 Å². The summed E-state index contributed by atoms with van der Waals surface area (Å²) in [5, 5.41) is 2.80. The first-order valence-electron chi connectivity index (χ1n) is 5.26. The highest BCUT2D eigenvalue weighted by atomic mass is 32.1. The SMILES string of the molecule is NC(=S)CNC(=O)C1C2CCCCC21. The van der Waals surface area contributed by atoms with Gasteiger partial charge >= 0.3 is 0 Å². The minimum atomic E-state index is 0.162. The van der Waals surface area contributed by atoms with Gasteiger partial charge in [-0.25, -0.2) is 0 Å². The van der Waals surface area contributed by atoms with Crippen LogP contribution in [0.2, 0.25) is 0 Å². The zero-order chi connectivity index (χ0) is 10.1. The van der Waals surface area contributed by atoms with E-state index in [2.05, 4.69) is 5.32 Å². The fraction of sp³-hybridized carbons (Fsp3) is 0.800. The summed E-state index contributed by atoms with van der Waals surface area (Å²) < 4.78 is 0. The second-order valence-corrected chi connectivity index (χ2v) is 4.85. The first kappa shape index (κ1) is 9.90. The lowest BCUT2D eigenvalue weighted by molar-refractivity contribution is -0.122. The minimum Gasteiger partial charge on any atom is -0.392 e. The number of carbonyl (C=O) groups excluding carboxylic acids is 1. The molecule has 14 heavy (non-hydrogen) atoms. The summed E-state index contributed by atoms with van der Waals surface area (Å²) in [5.41, 5.74) is 5.32. The molecule has 2 rings (SSSR count). The number of amides is 1. The fourth-order valence-corrected chi connectivity index (χ4v) is 2.75. The third-order valence-electron chi connectivity index (χ3n) is 3.40. The lowest BCUT2D eigenvalue weighted by Gasteiger charge is -2.04. The Morgan fingerprint density at radius 3 is 2.43 bits per heavy atom. The van der Waals surface area contributed by atoms with Gasteiger partial charge < -0.3 is 11.1 Å². The van der Waals surface area contributed by atoms with Gasteiger partial charge in [-0.1, -0.05) is 25.1 Å². The molecular formula is C10H16N2OS. The van der Waals surface area contributed by atoms with Crippen molar-refractivity contribution in [2.45, 2.75) is 25.7 Å². The summed E-state index contributed by atoms with van der Waals surface area (Å²) in [4.78, 5) is 12.0. The van der Waals surface area contributed by atoms with Crippen LogP contribution in [-0.2, 0) is 4.79 Å². The van der Waals surface area contributed by atoms with Gasteiger partial charge in [0, 0.05) is 5.92 Å². The van der Waals surface area contributed by atoms with E-state index < -0.39 is 0 Å². The van der Waals surface area contributed by atoms with Crippen molar-refractivity contribution in [2.75, 3.05) is 6.54 Å². The van der Waals surface area contributed by atoms with E-state index in [1.807, 2.05) is 0 Å². The zero-order valence-electron chi connectivity index (χ0n) is 8.16. The van der Waals surface area contributed by atoms with E-state index in [0.29, 0.717) is 23.4 Å². The molecule has 2 aliphatic rings. The second kappa shape index (κ2) is 3.85. The van der Waals surface area contributed by atoms with Gasteiger partial charge in [0.05, 0.1) is 11.5 Å². The van der Waals surface area contributed by atoms with E-state index >= 15 is 0 Å². The number of thiocarbonyl (C=S) groups is 1. The molecule has 0 saturated heterocycles. The van der Waals surface area contributed by atoms with Crippen LogP contribution in [-0.4, -0.2) is 17.4 Å². The summed E-state index contributed by atoms with van der Waals surface area (Å²) >= 11 is 4.71. The Bertz CT molecular complexity index is 255. The summed E-state index contributed by atoms with van der Waals surface area (Å²) in [6, 6.07) is 0. The molecule has 2 aliphatic carbocycles. The molecule has 2 saturated carbocycles. The molecule has 0 aromatic carbocycles. The van der Waals surface area contributed by atoms with Gasteiger partial charge in [0.2, 0.25) is 5.91 Å². The van der Waals surface area contributed by atoms with Gasteiger partial charge in [-0.05, 0) is 24.7 Å². The van der Waals surface area contributed by atoms with Crippen LogP contribution in [0.15, 0.2) is 0 Å². The molecule has 1 amide bonds. The molecule has 78 valence electrons. The molecule has 0 radical (unpaired) electrons. The number of fused-ring (bicyclic) bond motifs is 1. The highest BCUT2D eigenvalue weighted by Gasteiger charge is 2.54. The van der Waals surface area contributed by atoms with Gasteiger partial charge in [-0.15, -0.1) is 0 Å². The molecule has 0 aromatic heterocycles. The fourth-order valence-electron chi connectivity index (χ4n) is 2.67. The van der Waals surface area contributed by atoms with Crippen molar-refractivity contribution < 1.29 is 4.79 Å². The summed E-state index contributed by atoms with van der Waals surface area (Å²) in [7, 11) is 0. The topological polar surface area (TPSA) is 55.1 Å². The molecule has 0 heterocycles. The summed E-state index contributed by atoms with van der Waals surface area (Å²) in [6.45, 7) is 0.351. The van der Waals surface area contributed by atoms with Gasteiger partial charge in [0.15, 0.2) is 0 Å². The first-order valence-corrected chi connectivity index (χ1v) is 5.67. The predicted molar refractivity (Wildman–Crippen MR) is 58.7 cm³/mol. The van der Waals surface area contributed by atoms with Crippen LogP contribution in [0.5, 0.6) is 0 Å². The molecule has 2 unspecified atom stereocenters. The second-order valence-electron chi connectivity index (χ2n) is 4.32. The van der Waals surface area contributed by atoms with Crippen LogP contribution >= 0.6 is 12.2 Å². The Labute approximate surface area is 89.4 Å². The average molecular weight is 212 g/mol. The Hall–Kier alpha value is -0.640. The van der Waals surface area contributed by atoms with Crippen molar-refractivity contribution in [3.05, 3.63) is 0 Å². The third kappa shape index (κ3) is 1.90. The largest absolute Gasteiger partial charge is 0.392 e. The van der Waals surface area contributed by atoms with E-state index in [1.54, 1.807) is 0 Å². The zero-order valence-corrected chi connectivity index (χ0v) is 8.98. The standard InChI is InChI=1S/C10H16N2OS/c11-8(14)5-12-10(13)9-6-3-1-2-4-7(6)9/h6-7,9H,1-5H2,(H2,11,14)(H,12,13). The first-order chi connectivity index (χ1) is 6.70. The number of carbonyl (C=O) groups is 1. The Balaban J connectivity index is 1.79. The maximum Gasteiger partial charge on any atom is 0.224 e. The summed E-state index contributed by atoms with van der Waals surface area (Å²) in [5.74, 6) is 1.76. The van der Waals surface area contributed by atoms with Crippen LogP contribution in [0.4, 0.5) is 0 Å². The van der Waals surface area contributed by atoms with Crippen LogP contribution in [0.25, 0.3) is 0 Å². The predicted octanol–water partition coefficient (Wildman–Crippen LogP) is 0.825. The lowest BCUT2D eigenvalue weighted by atomic mass is 10.0.